The molecule has 32 heavy (non-hydrogen) atoms. The lowest BCUT2D eigenvalue weighted by molar-refractivity contribution is -0.132. The molecule has 1 aromatic rings. The Kier molecular flexibility index (Phi) is 6.07. The molecule has 2 saturated heterocycles. The first-order valence-corrected chi connectivity index (χ1v) is 12.4. The molecular weight excluding hydrogens is 404 g/mol. The molecule has 0 aromatic heterocycles. The Morgan fingerprint density at radius 2 is 1.44 bits per heavy atom. The third-order valence-electron chi connectivity index (χ3n) is 7.47. The van der Waals surface area contributed by atoms with Gasteiger partial charge in [-0.15, -0.1) is 0 Å². The molecule has 0 unspecified atom stereocenters. The Bertz CT molecular complexity index is 877. The van der Waals surface area contributed by atoms with E-state index < -0.39 is 0 Å². The quantitative estimate of drug-likeness (QED) is 0.767. The van der Waals surface area contributed by atoms with Gasteiger partial charge in [0.05, 0.1) is 5.56 Å². The largest absolute Gasteiger partial charge is 0.367 e. The number of carbonyl (C=O) groups excluding carboxylic acids is 3. The molecule has 0 atom stereocenters. The Hall–Kier alpha value is -2.57. The standard InChI is InChI=1S/C25H34N4O3/c30-23(18-5-1-2-6-18)26-20-9-10-22(21(17-20)25(32)28-11-3-4-12-28)27-13-15-29(16-14-27)24(31)19-7-8-19/h9-10,17-19H,1-8,11-16H2,(H,26,30). The number of amides is 3. The smallest absolute Gasteiger partial charge is 0.256 e. The average Bonchev–Trinajstić information content (AvgIpc) is 3.27. The fourth-order valence-electron chi connectivity index (χ4n) is 5.34. The lowest BCUT2D eigenvalue weighted by Gasteiger charge is -2.37. The summed E-state index contributed by atoms with van der Waals surface area (Å²) in [5.74, 6) is 0.747. The molecule has 3 amide bonds. The third-order valence-corrected chi connectivity index (χ3v) is 7.47. The van der Waals surface area contributed by atoms with Crippen LogP contribution in [-0.2, 0) is 9.59 Å². The zero-order chi connectivity index (χ0) is 22.1. The Balaban J connectivity index is 1.34. The van der Waals surface area contributed by atoms with Crippen LogP contribution in [0.1, 0.15) is 61.7 Å². The highest BCUT2D eigenvalue weighted by molar-refractivity contribution is 6.02. The molecule has 2 aliphatic carbocycles. The van der Waals surface area contributed by atoms with Crippen molar-refractivity contribution in [2.75, 3.05) is 49.5 Å². The van der Waals surface area contributed by atoms with Crippen molar-refractivity contribution in [2.24, 2.45) is 11.8 Å². The van der Waals surface area contributed by atoms with Gasteiger partial charge in [0.15, 0.2) is 0 Å². The predicted molar refractivity (Wildman–Crippen MR) is 124 cm³/mol. The van der Waals surface area contributed by atoms with Crippen molar-refractivity contribution in [3.8, 4) is 0 Å². The van der Waals surface area contributed by atoms with Crippen LogP contribution in [0.3, 0.4) is 0 Å². The van der Waals surface area contributed by atoms with Gasteiger partial charge in [-0.3, -0.25) is 14.4 Å². The third kappa shape index (κ3) is 4.48. The van der Waals surface area contributed by atoms with Gasteiger partial charge in [-0.25, -0.2) is 0 Å². The lowest BCUT2D eigenvalue weighted by Crippen LogP contribution is -2.49. The van der Waals surface area contributed by atoms with Crippen molar-refractivity contribution in [1.29, 1.82) is 0 Å². The number of rotatable bonds is 5. The summed E-state index contributed by atoms with van der Waals surface area (Å²) in [7, 11) is 0. The number of likely N-dealkylation sites (tertiary alicyclic amines) is 1. The second-order valence-corrected chi connectivity index (χ2v) is 9.79. The second kappa shape index (κ2) is 9.12. The van der Waals surface area contributed by atoms with Gasteiger partial charge in [-0.05, 0) is 56.7 Å². The number of hydrogen-bond acceptors (Lipinski definition) is 4. The van der Waals surface area contributed by atoms with Crippen molar-refractivity contribution in [2.45, 2.75) is 51.4 Å². The molecule has 1 aromatic carbocycles. The zero-order valence-corrected chi connectivity index (χ0v) is 18.9. The summed E-state index contributed by atoms with van der Waals surface area (Å²) in [4.78, 5) is 44.6. The van der Waals surface area contributed by atoms with Crippen LogP contribution in [0.25, 0.3) is 0 Å². The summed E-state index contributed by atoms with van der Waals surface area (Å²) in [5.41, 5.74) is 2.29. The maximum atomic E-state index is 13.4. The van der Waals surface area contributed by atoms with Crippen molar-refractivity contribution in [3.05, 3.63) is 23.8 Å². The van der Waals surface area contributed by atoms with Crippen LogP contribution >= 0.6 is 0 Å². The molecule has 4 aliphatic rings. The summed E-state index contributed by atoms with van der Waals surface area (Å²) >= 11 is 0. The Morgan fingerprint density at radius 3 is 2.09 bits per heavy atom. The van der Waals surface area contributed by atoms with Gasteiger partial charge in [-0.1, -0.05) is 12.8 Å². The molecule has 2 heterocycles. The zero-order valence-electron chi connectivity index (χ0n) is 18.9. The van der Waals surface area contributed by atoms with Gasteiger partial charge in [-0.2, -0.15) is 0 Å². The maximum absolute atomic E-state index is 13.4. The fraction of sp³-hybridized carbons (Fsp3) is 0.640. The first-order chi connectivity index (χ1) is 15.6. The monoisotopic (exact) mass is 438 g/mol. The first kappa shape index (κ1) is 21.3. The van der Waals surface area contributed by atoms with Crippen LogP contribution in [-0.4, -0.2) is 66.8 Å². The maximum Gasteiger partial charge on any atom is 0.256 e. The highest BCUT2D eigenvalue weighted by Gasteiger charge is 2.35. The van der Waals surface area contributed by atoms with E-state index in [2.05, 4.69) is 10.2 Å². The van der Waals surface area contributed by atoms with E-state index in [0.29, 0.717) is 30.2 Å². The molecule has 1 N–H and O–H groups in total. The predicted octanol–water partition coefficient (Wildman–Crippen LogP) is 3.11. The van der Waals surface area contributed by atoms with Crippen LogP contribution in [0.2, 0.25) is 0 Å². The summed E-state index contributed by atoms with van der Waals surface area (Å²) in [6, 6.07) is 5.77. The van der Waals surface area contributed by atoms with Crippen LogP contribution in [0.4, 0.5) is 11.4 Å². The molecule has 7 heteroatoms. The van der Waals surface area contributed by atoms with Crippen molar-refractivity contribution in [1.82, 2.24) is 9.80 Å². The van der Waals surface area contributed by atoms with Gasteiger partial charge in [0.25, 0.3) is 5.91 Å². The molecule has 7 nitrogen and oxygen atoms in total. The molecule has 2 saturated carbocycles. The van der Waals surface area contributed by atoms with Crippen LogP contribution in [0.15, 0.2) is 18.2 Å². The number of nitrogens with zero attached hydrogens (tertiary/aromatic N) is 3. The molecular formula is C25H34N4O3. The highest BCUT2D eigenvalue weighted by Crippen LogP contribution is 2.33. The number of anilines is 2. The molecule has 0 bridgehead atoms. The van der Waals surface area contributed by atoms with Gasteiger partial charge in [0, 0.05) is 62.5 Å². The number of benzene rings is 1. The summed E-state index contributed by atoms with van der Waals surface area (Å²) in [5, 5.41) is 3.06. The van der Waals surface area contributed by atoms with Gasteiger partial charge in [0.2, 0.25) is 11.8 Å². The summed E-state index contributed by atoms with van der Waals surface area (Å²) in [6.07, 6.45) is 8.28. The number of hydrogen-bond donors (Lipinski definition) is 1. The van der Waals surface area contributed by atoms with Crippen LogP contribution in [0.5, 0.6) is 0 Å². The lowest BCUT2D eigenvalue weighted by atomic mass is 10.1. The Labute approximate surface area is 190 Å². The summed E-state index contributed by atoms with van der Waals surface area (Å²) < 4.78 is 0. The number of carbonyl (C=O) groups is 3. The minimum absolute atomic E-state index is 0.0472. The minimum Gasteiger partial charge on any atom is -0.367 e. The summed E-state index contributed by atoms with van der Waals surface area (Å²) in [6.45, 7) is 4.44. The van der Waals surface area contributed by atoms with Crippen LogP contribution < -0.4 is 10.2 Å². The fourth-order valence-corrected chi connectivity index (χ4v) is 5.34. The number of nitrogens with one attached hydrogen (secondary N) is 1. The van der Waals surface area contributed by atoms with E-state index in [1.165, 1.54) is 0 Å². The van der Waals surface area contributed by atoms with E-state index in [9.17, 15) is 14.4 Å². The van der Waals surface area contributed by atoms with E-state index >= 15 is 0 Å². The normalized spacial score (nSPS) is 21.8. The molecule has 172 valence electrons. The molecule has 2 aliphatic heterocycles. The topological polar surface area (TPSA) is 73.0 Å². The Morgan fingerprint density at radius 1 is 0.750 bits per heavy atom. The second-order valence-electron chi connectivity index (χ2n) is 9.79. The number of piperazine rings is 1. The van der Waals surface area contributed by atoms with Crippen molar-refractivity contribution in [3.63, 3.8) is 0 Å². The minimum atomic E-state index is 0.0472. The van der Waals surface area contributed by atoms with Crippen molar-refractivity contribution >= 4 is 29.1 Å². The van der Waals surface area contributed by atoms with E-state index in [1.807, 2.05) is 28.0 Å². The van der Waals surface area contributed by atoms with Crippen molar-refractivity contribution < 1.29 is 14.4 Å². The molecule has 5 rings (SSSR count). The highest BCUT2D eigenvalue weighted by atomic mass is 16.2. The molecule has 0 spiro atoms. The van der Waals surface area contributed by atoms with E-state index in [-0.39, 0.29) is 23.7 Å². The van der Waals surface area contributed by atoms with E-state index in [1.54, 1.807) is 0 Å². The SMILES string of the molecule is O=C(Nc1ccc(N2CCN(C(=O)C3CC3)CC2)c(C(=O)N2CCCC2)c1)C1CCCC1. The van der Waals surface area contributed by atoms with Gasteiger partial charge in [0.1, 0.15) is 0 Å². The molecule has 0 radical (unpaired) electrons. The first-order valence-electron chi connectivity index (χ1n) is 12.4. The average molecular weight is 439 g/mol. The van der Waals surface area contributed by atoms with Gasteiger partial charge < -0.3 is 20.0 Å². The molecule has 4 fully saturated rings. The van der Waals surface area contributed by atoms with E-state index in [0.717, 1.165) is 83.2 Å². The van der Waals surface area contributed by atoms with E-state index in [4.69, 9.17) is 0 Å². The van der Waals surface area contributed by atoms with Crippen LogP contribution in [0, 0.1) is 11.8 Å². The van der Waals surface area contributed by atoms with Gasteiger partial charge >= 0.3 is 0 Å².